The summed E-state index contributed by atoms with van der Waals surface area (Å²) in [5.74, 6) is -4.93. The Balaban J connectivity index is 1.68. The zero-order valence-corrected chi connectivity index (χ0v) is 18.8. The van der Waals surface area contributed by atoms with E-state index in [1.54, 1.807) is 6.07 Å². The monoisotopic (exact) mass is 493 g/mol. The Labute approximate surface area is 199 Å². The molecule has 2 aliphatic rings. The second-order valence-electron chi connectivity index (χ2n) is 8.35. The van der Waals surface area contributed by atoms with Gasteiger partial charge in [-0.25, -0.2) is 14.0 Å². The molecule has 2 heterocycles. The summed E-state index contributed by atoms with van der Waals surface area (Å²) < 4.78 is 17.9. The van der Waals surface area contributed by atoms with Crippen LogP contribution in [-0.2, 0) is 20.8 Å². The molecule has 35 heavy (non-hydrogen) atoms. The molecule has 4 amide bonds. The van der Waals surface area contributed by atoms with Gasteiger partial charge in [0.2, 0.25) is 0 Å². The second-order valence-corrected chi connectivity index (χ2v) is 8.35. The number of rotatable bonds is 8. The van der Waals surface area contributed by atoms with Crippen molar-refractivity contribution in [3.05, 3.63) is 29.3 Å². The number of Topliss-reactive ketones (excluding diaryl/α,β-unsaturated/α-hetero) is 1. The lowest BCUT2D eigenvalue weighted by atomic mass is 9.64. The number of benzene rings is 1. The highest BCUT2D eigenvalue weighted by atomic mass is 19.1. The second kappa shape index (κ2) is 10.8. The first-order chi connectivity index (χ1) is 16.5. The van der Waals surface area contributed by atoms with Crippen molar-refractivity contribution in [3.8, 4) is 5.75 Å². The molecule has 0 aromatic heterocycles. The van der Waals surface area contributed by atoms with Crippen LogP contribution >= 0.6 is 0 Å². The molecule has 3 atom stereocenters. The smallest absolute Gasteiger partial charge is 0.526 e. The van der Waals surface area contributed by atoms with Crippen molar-refractivity contribution in [2.75, 3.05) is 26.3 Å². The zero-order chi connectivity index (χ0) is 25.9. The molecule has 0 bridgehead atoms. The lowest BCUT2D eigenvalue weighted by molar-refractivity contribution is -0.153. The third kappa shape index (κ3) is 5.60. The maximum atomic E-state index is 12.9. The summed E-state index contributed by atoms with van der Waals surface area (Å²) in [6.45, 7) is -0.162. The van der Waals surface area contributed by atoms with Crippen LogP contribution in [0.25, 0.3) is 0 Å². The molecule has 1 fully saturated rings. The minimum atomic E-state index is -1.51. The molecular formula is C21H25BFN3O9. The van der Waals surface area contributed by atoms with Crippen LogP contribution < -0.4 is 9.97 Å². The van der Waals surface area contributed by atoms with Gasteiger partial charge in [-0.05, 0) is 25.0 Å². The Hall–Kier alpha value is -3.52. The molecule has 2 aliphatic heterocycles. The van der Waals surface area contributed by atoms with Crippen LogP contribution in [0.5, 0.6) is 5.75 Å². The van der Waals surface area contributed by atoms with Crippen LogP contribution in [0.3, 0.4) is 0 Å². The Morgan fingerprint density at radius 3 is 2.60 bits per heavy atom. The number of halogens is 1. The Bertz CT molecular complexity index is 1040. The minimum Gasteiger partial charge on any atom is -0.535 e. The van der Waals surface area contributed by atoms with Crippen molar-refractivity contribution in [3.63, 3.8) is 0 Å². The van der Waals surface area contributed by atoms with Crippen LogP contribution in [0, 0.1) is 0 Å². The van der Waals surface area contributed by atoms with E-state index in [-0.39, 0.29) is 43.8 Å². The van der Waals surface area contributed by atoms with Crippen molar-refractivity contribution in [1.29, 1.82) is 0 Å². The fourth-order valence-corrected chi connectivity index (χ4v) is 4.08. The Kier molecular flexibility index (Phi) is 8.07. The third-order valence-corrected chi connectivity index (χ3v) is 5.93. The van der Waals surface area contributed by atoms with E-state index in [4.69, 9.17) is 4.65 Å². The van der Waals surface area contributed by atoms with E-state index in [2.05, 4.69) is 5.32 Å². The molecule has 3 rings (SSSR count). The molecular weight excluding hydrogens is 468 g/mol. The van der Waals surface area contributed by atoms with Gasteiger partial charge in [0.25, 0.3) is 0 Å². The number of aliphatic hydroxyl groups excluding tert-OH is 1. The van der Waals surface area contributed by atoms with Gasteiger partial charge < -0.3 is 30.1 Å². The lowest BCUT2D eigenvalue weighted by Gasteiger charge is -2.33. The molecule has 0 spiro atoms. The summed E-state index contributed by atoms with van der Waals surface area (Å²) in [4.78, 5) is 62.8. The molecule has 1 saturated heterocycles. The average molecular weight is 493 g/mol. The number of carbonyl (C=O) groups excluding carboxylic acids is 4. The number of para-hydroxylation sites is 1. The summed E-state index contributed by atoms with van der Waals surface area (Å²) in [6, 6.07) is 1.89. The predicted octanol–water partition coefficient (Wildman–Crippen LogP) is -0.771. The SMILES string of the molecule is C[C@@H](O)[C@@H](NC(=O)N1CCN(CCF)C(=O)C1=O)C(=O)C[C@H]1Cc2cccc(C(=O)O)c2OB1O. The van der Waals surface area contributed by atoms with E-state index in [1.807, 2.05) is 0 Å². The number of fused-ring (bicyclic) bond motifs is 1. The van der Waals surface area contributed by atoms with E-state index in [0.29, 0.717) is 10.5 Å². The number of aromatic carboxylic acids is 1. The van der Waals surface area contributed by atoms with Gasteiger partial charge in [0.15, 0.2) is 5.78 Å². The van der Waals surface area contributed by atoms with Crippen molar-refractivity contribution in [2.45, 2.75) is 37.7 Å². The minimum absolute atomic E-state index is 0.00617. The average Bonchev–Trinajstić information content (AvgIpc) is 2.80. The lowest BCUT2D eigenvalue weighted by Crippen LogP contribution is -2.61. The molecule has 1 aromatic carbocycles. The highest BCUT2D eigenvalue weighted by Crippen LogP contribution is 2.36. The molecule has 4 N–H and O–H groups in total. The third-order valence-electron chi connectivity index (χ3n) is 5.93. The topological polar surface area (TPSA) is 174 Å². The molecule has 14 heteroatoms. The van der Waals surface area contributed by atoms with E-state index < -0.39 is 61.4 Å². The standard InChI is InChI=1S/C21H25BFN3O9/c1-11(27)16(24-21(33)26-8-7-25(6-5-23)18(29)19(26)30)15(28)10-13-9-12-3-2-4-14(20(31)32)17(12)35-22(13)34/h2-4,11,13,16,27,34H,5-10H2,1H3,(H,24,33)(H,31,32)/t11-,13-,16-/m1/s1. The first-order valence-corrected chi connectivity index (χ1v) is 10.9. The van der Waals surface area contributed by atoms with Gasteiger partial charge in [-0.2, -0.15) is 0 Å². The van der Waals surface area contributed by atoms with Crippen LogP contribution in [0.15, 0.2) is 18.2 Å². The van der Waals surface area contributed by atoms with E-state index in [9.17, 15) is 43.6 Å². The molecule has 0 aliphatic carbocycles. The predicted molar refractivity (Wildman–Crippen MR) is 117 cm³/mol. The number of alkyl halides is 1. The number of nitrogens with zero attached hydrogens (tertiary/aromatic N) is 2. The van der Waals surface area contributed by atoms with Crippen LogP contribution in [0.4, 0.5) is 9.18 Å². The van der Waals surface area contributed by atoms with E-state index in [1.165, 1.54) is 19.1 Å². The zero-order valence-electron chi connectivity index (χ0n) is 18.8. The molecule has 0 unspecified atom stereocenters. The fourth-order valence-electron chi connectivity index (χ4n) is 4.08. The molecule has 1 aromatic rings. The number of piperazine rings is 1. The summed E-state index contributed by atoms with van der Waals surface area (Å²) in [5.41, 5.74) is 0.340. The van der Waals surface area contributed by atoms with Gasteiger partial charge in [0, 0.05) is 31.9 Å². The molecule has 188 valence electrons. The van der Waals surface area contributed by atoms with Gasteiger partial charge in [-0.3, -0.25) is 19.3 Å². The summed E-state index contributed by atoms with van der Waals surface area (Å²) in [5, 5.41) is 32.0. The number of carboxylic acids is 1. The Morgan fingerprint density at radius 2 is 1.97 bits per heavy atom. The van der Waals surface area contributed by atoms with Gasteiger partial charge in [-0.1, -0.05) is 12.1 Å². The fraction of sp³-hybridized carbons (Fsp3) is 0.476. The number of aliphatic hydroxyl groups is 1. The summed E-state index contributed by atoms with van der Waals surface area (Å²) in [7, 11) is -1.51. The Morgan fingerprint density at radius 1 is 1.26 bits per heavy atom. The number of urea groups is 1. The molecule has 0 saturated carbocycles. The highest BCUT2D eigenvalue weighted by molar-refractivity contribution is 6.47. The number of imide groups is 1. The first kappa shape index (κ1) is 26.1. The van der Waals surface area contributed by atoms with Crippen molar-refractivity contribution < 1.29 is 48.3 Å². The largest absolute Gasteiger partial charge is 0.535 e. The van der Waals surface area contributed by atoms with E-state index >= 15 is 0 Å². The van der Waals surface area contributed by atoms with Crippen LogP contribution in [-0.4, -0.2) is 100 Å². The van der Waals surface area contributed by atoms with Gasteiger partial charge in [0.1, 0.15) is 18.5 Å². The number of amides is 4. The van der Waals surface area contributed by atoms with Crippen LogP contribution in [0.2, 0.25) is 5.82 Å². The van der Waals surface area contributed by atoms with Crippen molar-refractivity contribution in [1.82, 2.24) is 15.1 Å². The number of carbonyl (C=O) groups is 5. The molecule has 12 nitrogen and oxygen atoms in total. The first-order valence-electron chi connectivity index (χ1n) is 10.9. The molecule has 0 radical (unpaired) electrons. The van der Waals surface area contributed by atoms with E-state index in [0.717, 1.165) is 4.90 Å². The van der Waals surface area contributed by atoms with Gasteiger partial charge in [0.05, 0.1) is 11.7 Å². The van der Waals surface area contributed by atoms with Gasteiger partial charge >= 0.3 is 30.9 Å². The van der Waals surface area contributed by atoms with Crippen LogP contribution in [0.1, 0.15) is 29.3 Å². The quantitative estimate of drug-likeness (QED) is 0.268. The number of ketones is 1. The summed E-state index contributed by atoms with van der Waals surface area (Å²) in [6.07, 6.45) is -1.62. The number of hydrogen-bond donors (Lipinski definition) is 4. The summed E-state index contributed by atoms with van der Waals surface area (Å²) >= 11 is 0. The maximum absolute atomic E-state index is 12.9. The van der Waals surface area contributed by atoms with Gasteiger partial charge in [-0.15, -0.1) is 0 Å². The van der Waals surface area contributed by atoms with Crippen molar-refractivity contribution in [2.24, 2.45) is 0 Å². The maximum Gasteiger partial charge on any atom is 0.526 e. The van der Waals surface area contributed by atoms with Crippen molar-refractivity contribution >= 4 is 36.7 Å². The number of hydrogen-bond acceptors (Lipinski definition) is 8. The normalized spacial score (nSPS) is 19.5. The highest BCUT2D eigenvalue weighted by Gasteiger charge is 2.41. The number of nitrogens with one attached hydrogen (secondary N) is 1. The number of carboxylic acid groups (broad SMARTS) is 1.